The van der Waals surface area contributed by atoms with Gasteiger partial charge in [0.05, 0.1) is 27.1 Å². The number of nitrogens with zero attached hydrogens (tertiary/aromatic N) is 2. The summed E-state index contributed by atoms with van der Waals surface area (Å²) in [6.45, 7) is 0. The average molecular weight is 407 g/mol. The van der Waals surface area contributed by atoms with Crippen LogP contribution in [0.2, 0.25) is 5.02 Å². The molecule has 0 fully saturated rings. The van der Waals surface area contributed by atoms with Gasteiger partial charge in [0.1, 0.15) is 0 Å². The van der Waals surface area contributed by atoms with Crippen LogP contribution in [0.3, 0.4) is 0 Å². The summed E-state index contributed by atoms with van der Waals surface area (Å²) in [5.41, 5.74) is 1.89. The van der Waals surface area contributed by atoms with Crippen molar-refractivity contribution in [3.63, 3.8) is 0 Å². The highest BCUT2D eigenvalue weighted by atomic mass is 35.5. The molecule has 1 aromatic heterocycles. The first-order chi connectivity index (χ1) is 13.1. The van der Waals surface area contributed by atoms with Crippen molar-refractivity contribution in [2.45, 2.75) is 11.5 Å². The fraction of sp³-hybridized carbons (Fsp3) is 0.263. The molecule has 0 saturated carbocycles. The Morgan fingerprint density at radius 1 is 0.926 bits per heavy atom. The SMILES string of the molecule is COc1cc(-c2nnc(CSCc3ccc(Cl)cc3)o2)cc(OC)c1OC. The van der Waals surface area contributed by atoms with Gasteiger partial charge in [0.2, 0.25) is 17.5 Å². The van der Waals surface area contributed by atoms with Gasteiger partial charge in [-0.15, -0.1) is 22.0 Å². The molecule has 27 heavy (non-hydrogen) atoms. The van der Waals surface area contributed by atoms with Crippen molar-refractivity contribution in [2.75, 3.05) is 21.3 Å². The minimum atomic E-state index is 0.399. The van der Waals surface area contributed by atoms with E-state index in [-0.39, 0.29) is 0 Å². The molecule has 0 aliphatic carbocycles. The highest BCUT2D eigenvalue weighted by Gasteiger charge is 2.17. The molecule has 0 amide bonds. The van der Waals surface area contributed by atoms with E-state index >= 15 is 0 Å². The fourth-order valence-electron chi connectivity index (χ4n) is 2.47. The van der Waals surface area contributed by atoms with Crippen molar-refractivity contribution in [3.05, 3.63) is 52.9 Å². The summed E-state index contributed by atoms with van der Waals surface area (Å²) in [6.07, 6.45) is 0. The van der Waals surface area contributed by atoms with Gasteiger partial charge in [0.25, 0.3) is 0 Å². The molecule has 0 spiro atoms. The third kappa shape index (κ3) is 4.67. The zero-order chi connectivity index (χ0) is 19.2. The zero-order valence-corrected chi connectivity index (χ0v) is 16.8. The van der Waals surface area contributed by atoms with Gasteiger partial charge < -0.3 is 18.6 Å². The Morgan fingerprint density at radius 3 is 2.19 bits per heavy atom. The molecule has 3 aromatic rings. The summed E-state index contributed by atoms with van der Waals surface area (Å²) in [5, 5.41) is 8.98. The summed E-state index contributed by atoms with van der Waals surface area (Å²) >= 11 is 7.59. The second kappa shape index (κ2) is 9.01. The van der Waals surface area contributed by atoms with Gasteiger partial charge in [-0.25, -0.2) is 0 Å². The van der Waals surface area contributed by atoms with Gasteiger partial charge in [-0.1, -0.05) is 23.7 Å². The van der Waals surface area contributed by atoms with E-state index in [0.717, 1.165) is 10.8 Å². The van der Waals surface area contributed by atoms with E-state index in [1.807, 2.05) is 24.3 Å². The summed E-state index contributed by atoms with van der Waals surface area (Å²) in [5.74, 6) is 3.97. The molecule has 0 saturated heterocycles. The summed E-state index contributed by atoms with van der Waals surface area (Å²) in [6, 6.07) is 11.3. The third-order valence-corrected chi connectivity index (χ3v) is 5.03. The number of thioether (sulfide) groups is 1. The Balaban J connectivity index is 1.70. The van der Waals surface area contributed by atoms with Crippen molar-refractivity contribution in [1.29, 1.82) is 0 Å². The van der Waals surface area contributed by atoms with Crippen molar-refractivity contribution < 1.29 is 18.6 Å². The topological polar surface area (TPSA) is 66.6 Å². The second-order valence-corrected chi connectivity index (χ2v) is 6.96. The lowest BCUT2D eigenvalue weighted by atomic mass is 10.2. The Kier molecular flexibility index (Phi) is 6.47. The molecular weight excluding hydrogens is 388 g/mol. The minimum Gasteiger partial charge on any atom is -0.493 e. The molecule has 1 heterocycles. The van der Waals surface area contributed by atoms with Crippen LogP contribution < -0.4 is 14.2 Å². The number of benzene rings is 2. The van der Waals surface area contributed by atoms with Crippen molar-refractivity contribution >= 4 is 23.4 Å². The van der Waals surface area contributed by atoms with Gasteiger partial charge in [-0.05, 0) is 29.8 Å². The maximum atomic E-state index is 5.90. The fourth-order valence-corrected chi connectivity index (χ4v) is 3.42. The number of ether oxygens (including phenoxy) is 3. The molecule has 0 aliphatic heterocycles. The lowest BCUT2D eigenvalue weighted by Gasteiger charge is -2.12. The highest BCUT2D eigenvalue weighted by Crippen LogP contribution is 2.40. The highest BCUT2D eigenvalue weighted by molar-refractivity contribution is 7.97. The van der Waals surface area contributed by atoms with E-state index in [4.69, 9.17) is 30.2 Å². The normalized spacial score (nSPS) is 10.7. The molecule has 0 aliphatic rings. The predicted octanol–water partition coefficient (Wildman–Crippen LogP) is 4.85. The van der Waals surface area contributed by atoms with Crippen LogP contribution in [0.5, 0.6) is 17.2 Å². The average Bonchev–Trinajstić information content (AvgIpc) is 3.17. The first-order valence-corrected chi connectivity index (χ1v) is 9.62. The number of hydrogen-bond donors (Lipinski definition) is 0. The van der Waals surface area contributed by atoms with E-state index in [2.05, 4.69) is 10.2 Å². The molecule has 6 nitrogen and oxygen atoms in total. The number of rotatable bonds is 8. The molecule has 2 aromatic carbocycles. The number of aromatic nitrogens is 2. The lowest BCUT2D eigenvalue weighted by Crippen LogP contribution is -1.95. The van der Waals surface area contributed by atoms with Gasteiger partial charge in [0.15, 0.2) is 11.5 Å². The van der Waals surface area contributed by atoms with E-state index in [1.54, 1.807) is 45.2 Å². The summed E-state index contributed by atoms with van der Waals surface area (Å²) < 4.78 is 21.8. The Bertz CT molecular complexity index is 874. The largest absolute Gasteiger partial charge is 0.493 e. The van der Waals surface area contributed by atoms with Gasteiger partial charge in [-0.2, -0.15) is 0 Å². The van der Waals surface area contributed by atoms with E-state index < -0.39 is 0 Å². The Labute approximate surface area is 166 Å². The van der Waals surface area contributed by atoms with Crippen LogP contribution in [0.15, 0.2) is 40.8 Å². The summed E-state index contributed by atoms with van der Waals surface area (Å²) in [7, 11) is 4.68. The minimum absolute atomic E-state index is 0.399. The van der Waals surface area contributed by atoms with Gasteiger partial charge in [-0.3, -0.25) is 0 Å². The monoisotopic (exact) mass is 406 g/mol. The summed E-state index contributed by atoms with van der Waals surface area (Å²) in [4.78, 5) is 0. The standard InChI is InChI=1S/C19H19ClN2O4S/c1-23-15-8-13(9-16(24-2)18(15)25-3)19-22-21-17(26-19)11-27-10-12-4-6-14(20)7-5-12/h4-9H,10-11H2,1-3H3. The Morgan fingerprint density at radius 2 is 1.59 bits per heavy atom. The molecule has 0 bridgehead atoms. The smallest absolute Gasteiger partial charge is 0.248 e. The predicted molar refractivity (Wildman–Crippen MR) is 106 cm³/mol. The van der Waals surface area contributed by atoms with Crippen LogP contribution in [0, 0.1) is 0 Å². The van der Waals surface area contributed by atoms with Crippen LogP contribution in [0.1, 0.15) is 11.5 Å². The molecule has 0 radical (unpaired) electrons. The number of methoxy groups -OCH3 is 3. The van der Waals surface area contributed by atoms with Crippen molar-refractivity contribution in [3.8, 4) is 28.7 Å². The molecular formula is C19H19ClN2O4S. The lowest BCUT2D eigenvalue weighted by molar-refractivity contribution is 0.324. The third-order valence-electron chi connectivity index (χ3n) is 3.79. The van der Waals surface area contributed by atoms with Crippen LogP contribution in [-0.4, -0.2) is 31.5 Å². The van der Waals surface area contributed by atoms with Crippen LogP contribution in [0.4, 0.5) is 0 Å². The van der Waals surface area contributed by atoms with Crippen molar-refractivity contribution in [2.24, 2.45) is 0 Å². The van der Waals surface area contributed by atoms with E-state index in [0.29, 0.717) is 40.3 Å². The molecule has 142 valence electrons. The van der Waals surface area contributed by atoms with Crippen LogP contribution in [0.25, 0.3) is 11.5 Å². The maximum Gasteiger partial charge on any atom is 0.248 e. The van der Waals surface area contributed by atoms with E-state index in [1.165, 1.54) is 5.56 Å². The number of hydrogen-bond acceptors (Lipinski definition) is 7. The Hall–Kier alpha value is -2.38. The number of halogens is 1. The first kappa shape index (κ1) is 19.4. The zero-order valence-electron chi connectivity index (χ0n) is 15.2. The molecule has 0 N–H and O–H groups in total. The van der Waals surface area contributed by atoms with E-state index in [9.17, 15) is 0 Å². The molecule has 0 unspecified atom stereocenters. The quantitative estimate of drug-likeness (QED) is 0.529. The van der Waals surface area contributed by atoms with Crippen LogP contribution in [-0.2, 0) is 11.5 Å². The maximum absolute atomic E-state index is 5.90. The molecule has 8 heteroatoms. The molecule has 3 rings (SSSR count). The molecule has 0 atom stereocenters. The van der Waals surface area contributed by atoms with Crippen molar-refractivity contribution in [1.82, 2.24) is 10.2 Å². The first-order valence-electron chi connectivity index (χ1n) is 8.09. The van der Waals surface area contributed by atoms with Crippen LogP contribution >= 0.6 is 23.4 Å². The van der Waals surface area contributed by atoms with Gasteiger partial charge >= 0.3 is 0 Å². The van der Waals surface area contributed by atoms with Gasteiger partial charge in [0, 0.05) is 16.3 Å². The second-order valence-electron chi connectivity index (χ2n) is 5.53.